The van der Waals surface area contributed by atoms with E-state index in [2.05, 4.69) is 27.0 Å². The summed E-state index contributed by atoms with van der Waals surface area (Å²) in [6.07, 6.45) is 4.22. The molecule has 0 atom stereocenters. The van der Waals surface area contributed by atoms with E-state index in [1.807, 2.05) is 34.9 Å². The number of carbonyl (C=O) groups excluding carboxylic acids is 1. The maximum atomic E-state index is 14.0. The minimum atomic E-state index is -0.218. The number of rotatable bonds is 5. The third kappa shape index (κ3) is 4.56. The molecule has 0 bridgehead atoms. The van der Waals surface area contributed by atoms with Crippen LogP contribution in [0.25, 0.3) is 21.8 Å². The van der Waals surface area contributed by atoms with E-state index in [0.29, 0.717) is 29.0 Å². The molecule has 3 aromatic heterocycles. The highest BCUT2D eigenvalue weighted by molar-refractivity contribution is 6.10. The number of fused-ring (bicyclic) bond motifs is 2. The second-order valence-corrected chi connectivity index (χ2v) is 9.36. The fourth-order valence-corrected chi connectivity index (χ4v) is 4.95. The molecule has 0 aliphatic carbocycles. The summed E-state index contributed by atoms with van der Waals surface area (Å²) in [4.78, 5) is 40.5. The Balaban J connectivity index is 1.74. The van der Waals surface area contributed by atoms with Crippen LogP contribution >= 0.6 is 0 Å². The summed E-state index contributed by atoms with van der Waals surface area (Å²) in [5.74, 6) is 6.59. The molecule has 1 saturated heterocycles. The fourth-order valence-electron chi connectivity index (χ4n) is 4.95. The van der Waals surface area contributed by atoms with E-state index < -0.39 is 0 Å². The van der Waals surface area contributed by atoms with Gasteiger partial charge in [-0.15, -0.1) is 5.92 Å². The zero-order valence-electron chi connectivity index (χ0n) is 21.5. The minimum absolute atomic E-state index is 0.180. The SMILES string of the molecule is CC#CCn1c(N2CCCNCC2)c(C(=O)N(C)C)c2ncn(Cc3nccc4ccccc34)c(=O)c21. The van der Waals surface area contributed by atoms with Crippen molar-refractivity contribution < 1.29 is 4.79 Å². The van der Waals surface area contributed by atoms with Crippen LogP contribution in [0.2, 0.25) is 0 Å². The molecule has 4 heterocycles. The first-order valence-corrected chi connectivity index (χ1v) is 12.5. The van der Waals surface area contributed by atoms with Crippen molar-refractivity contribution in [3.63, 3.8) is 0 Å². The van der Waals surface area contributed by atoms with Gasteiger partial charge in [-0.1, -0.05) is 30.2 Å². The molecular formula is C28H31N7O2. The Labute approximate surface area is 215 Å². The Kier molecular flexibility index (Phi) is 6.93. The van der Waals surface area contributed by atoms with Crippen LogP contribution in [0.4, 0.5) is 5.82 Å². The zero-order valence-corrected chi connectivity index (χ0v) is 21.5. The van der Waals surface area contributed by atoms with Gasteiger partial charge in [0.25, 0.3) is 11.5 Å². The lowest BCUT2D eigenvalue weighted by molar-refractivity contribution is 0.0829. The predicted molar refractivity (Wildman–Crippen MR) is 146 cm³/mol. The Hall–Kier alpha value is -4.16. The zero-order chi connectivity index (χ0) is 25.9. The summed E-state index contributed by atoms with van der Waals surface area (Å²) in [7, 11) is 3.44. The van der Waals surface area contributed by atoms with Crippen LogP contribution in [0.15, 0.2) is 47.7 Å². The smallest absolute Gasteiger partial charge is 0.278 e. The highest BCUT2D eigenvalue weighted by atomic mass is 16.2. The van der Waals surface area contributed by atoms with Crippen LogP contribution in [-0.2, 0) is 13.1 Å². The van der Waals surface area contributed by atoms with Crippen molar-refractivity contribution >= 4 is 33.5 Å². The van der Waals surface area contributed by atoms with Gasteiger partial charge in [-0.2, -0.15) is 0 Å². The lowest BCUT2D eigenvalue weighted by Crippen LogP contribution is -2.32. The molecule has 0 unspecified atom stereocenters. The van der Waals surface area contributed by atoms with Crippen LogP contribution in [0, 0.1) is 11.8 Å². The number of anilines is 1. The number of nitrogens with one attached hydrogen (secondary N) is 1. The molecule has 1 aliphatic rings. The summed E-state index contributed by atoms with van der Waals surface area (Å²) in [6.45, 7) is 5.53. The van der Waals surface area contributed by atoms with E-state index in [-0.39, 0.29) is 18.0 Å². The minimum Gasteiger partial charge on any atom is -0.356 e. The largest absolute Gasteiger partial charge is 0.356 e. The topological polar surface area (TPSA) is 88.3 Å². The third-order valence-corrected chi connectivity index (χ3v) is 6.75. The second kappa shape index (κ2) is 10.4. The van der Waals surface area contributed by atoms with Gasteiger partial charge < -0.3 is 19.7 Å². The molecule has 1 aromatic carbocycles. The number of aromatic nitrogens is 4. The van der Waals surface area contributed by atoms with Gasteiger partial charge in [-0.3, -0.25) is 19.1 Å². The van der Waals surface area contributed by atoms with Gasteiger partial charge in [-0.25, -0.2) is 4.98 Å². The molecular weight excluding hydrogens is 466 g/mol. The summed E-state index contributed by atoms with van der Waals surface area (Å²) in [6, 6.07) is 9.94. The number of hydrogen-bond donors (Lipinski definition) is 1. The first-order valence-electron chi connectivity index (χ1n) is 12.5. The van der Waals surface area contributed by atoms with Gasteiger partial charge >= 0.3 is 0 Å². The van der Waals surface area contributed by atoms with Gasteiger partial charge in [0.1, 0.15) is 22.4 Å². The van der Waals surface area contributed by atoms with Gasteiger partial charge in [0.2, 0.25) is 0 Å². The second-order valence-electron chi connectivity index (χ2n) is 9.36. The molecule has 5 rings (SSSR count). The molecule has 1 aliphatic heterocycles. The fraction of sp³-hybridized carbons (Fsp3) is 0.357. The first kappa shape index (κ1) is 24.5. The maximum absolute atomic E-state index is 14.0. The van der Waals surface area contributed by atoms with Gasteiger partial charge in [0.05, 0.1) is 25.1 Å². The van der Waals surface area contributed by atoms with E-state index >= 15 is 0 Å². The quantitative estimate of drug-likeness (QED) is 0.426. The Bertz CT molecular complexity index is 1580. The predicted octanol–water partition coefficient (Wildman–Crippen LogP) is 2.32. The number of pyridine rings is 1. The van der Waals surface area contributed by atoms with E-state index in [9.17, 15) is 9.59 Å². The molecule has 9 nitrogen and oxygen atoms in total. The van der Waals surface area contributed by atoms with Crippen LogP contribution in [0.3, 0.4) is 0 Å². The number of amides is 1. The monoisotopic (exact) mass is 497 g/mol. The first-order chi connectivity index (χ1) is 18.0. The Morgan fingerprint density at radius 1 is 1.14 bits per heavy atom. The van der Waals surface area contributed by atoms with Crippen molar-refractivity contribution in [1.82, 2.24) is 29.3 Å². The number of carbonyl (C=O) groups is 1. The average Bonchev–Trinajstić information content (AvgIpc) is 3.03. The number of nitrogens with zero attached hydrogens (tertiary/aromatic N) is 6. The molecule has 190 valence electrons. The molecule has 1 amide bonds. The lowest BCUT2D eigenvalue weighted by Gasteiger charge is -2.25. The standard InChI is InChI=1S/C28H31N7O2/c1-4-5-16-35-25-24(23(27(36)32(2)3)26(35)33-15-8-12-29-14-17-33)31-19-34(28(25)37)18-22-21-10-7-6-9-20(21)11-13-30-22/h6-7,9-11,13,19,29H,8,12,14-18H2,1-3H3. The van der Waals surface area contributed by atoms with E-state index in [1.54, 1.807) is 31.8 Å². The summed E-state index contributed by atoms with van der Waals surface area (Å²) >= 11 is 0. The summed E-state index contributed by atoms with van der Waals surface area (Å²) in [5, 5.41) is 5.47. The highest BCUT2D eigenvalue weighted by Gasteiger charge is 2.30. The molecule has 9 heteroatoms. The van der Waals surface area contributed by atoms with Gasteiger partial charge in [0, 0.05) is 45.3 Å². The van der Waals surface area contributed by atoms with Crippen molar-refractivity contribution in [2.24, 2.45) is 0 Å². The molecule has 37 heavy (non-hydrogen) atoms. The molecule has 0 radical (unpaired) electrons. The molecule has 1 N–H and O–H groups in total. The molecule has 4 aromatic rings. The number of benzene rings is 1. The average molecular weight is 498 g/mol. The van der Waals surface area contributed by atoms with Crippen LogP contribution in [-0.4, -0.2) is 70.2 Å². The van der Waals surface area contributed by atoms with E-state index in [1.165, 1.54) is 11.2 Å². The molecule has 0 saturated carbocycles. The number of hydrogen-bond acceptors (Lipinski definition) is 6. The van der Waals surface area contributed by atoms with Crippen molar-refractivity contribution in [2.75, 3.05) is 45.2 Å². The van der Waals surface area contributed by atoms with Crippen LogP contribution in [0.5, 0.6) is 0 Å². The highest BCUT2D eigenvalue weighted by Crippen LogP contribution is 2.32. The molecule has 1 fully saturated rings. The van der Waals surface area contributed by atoms with Crippen molar-refractivity contribution in [3.8, 4) is 11.8 Å². The lowest BCUT2D eigenvalue weighted by atomic mass is 10.1. The van der Waals surface area contributed by atoms with Crippen molar-refractivity contribution in [3.05, 3.63) is 64.5 Å². The molecule has 0 spiro atoms. The summed E-state index contributed by atoms with van der Waals surface area (Å²) in [5.41, 5.74) is 1.83. The Morgan fingerprint density at radius 3 is 2.78 bits per heavy atom. The normalized spacial score (nSPS) is 13.9. The maximum Gasteiger partial charge on any atom is 0.278 e. The van der Waals surface area contributed by atoms with Crippen LogP contribution < -0.4 is 15.8 Å². The van der Waals surface area contributed by atoms with E-state index in [0.717, 1.165) is 49.1 Å². The Morgan fingerprint density at radius 2 is 1.97 bits per heavy atom. The van der Waals surface area contributed by atoms with Crippen molar-refractivity contribution in [2.45, 2.75) is 26.4 Å². The van der Waals surface area contributed by atoms with Gasteiger partial charge in [-0.05, 0) is 31.3 Å². The van der Waals surface area contributed by atoms with Gasteiger partial charge in [0.15, 0.2) is 0 Å². The van der Waals surface area contributed by atoms with Crippen LogP contribution in [0.1, 0.15) is 29.4 Å². The van der Waals surface area contributed by atoms with E-state index in [4.69, 9.17) is 4.98 Å². The third-order valence-electron chi connectivity index (χ3n) is 6.75. The summed E-state index contributed by atoms with van der Waals surface area (Å²) < 4.78 is 3.46. The van der Waals surface area contributed by atoms with Crippen molar-refractivity contribution in [1.29, 1.82) is 0 Å².